The number of aryl methyl sites for hydroxylation is 2. The van der Waals surface area contributed by atoms with E-state index in [9.17, 15) is 0 Å². The molecule has 0 fully saturated rings. The van der Waals surface area contributed by atoms with Crippen molar-refractivity contribution in [1.82, 2.24) is 19.9 Å². The maximum atomic E-state index is 6.13. The molecule has 0 amide bonds. The van der Waals surface area contributed by atoms with E-state index in [1.165, 1.54) is 0 Å². The molecule has 0 spiro atoms. The monoisotopic (exact) mass is 248 g/mol. The first kappa shape index (κ1) is 11.9. The number of aromatic nitrogens is 4. The molecule has 17 heavy (non-hydrogen) atoms. The number of hydrogen-bond donors (Lipinski definition) is 0. The summed E-state index contributed by atoms with van der Waals surface area (Å²) in [6, 6.07) is 1.78. The van der Waals surface area contributed by atoms with Crippen molar-refractivity contribution >= 4 is 11.6 Å². The second kappa shape index (κ2) is 4.75. The van der Waals surface area contributed by atoms with Crippen LogP contribution in [0.25, 0.3) is 11.5 Å². The fraction of sp³-hybridized carbons (Fsp3) is 0.333. The minimum Gasteiger partial charge on any atom is -0.242 e. The zero-order valence-electron chi connectivity index (χ0n) is 10.0. The quantitative estimate of drug-likeness (QED) is 0.767. The first-order valence-corrected chi connectivity index (χ1v) is 5.82. The number of halogens is 1. The highest BCUT2D eigenvalue weighted by atomic mass is 35.5. The molecule has 2 aromatic rings. The Bertz CT molecular complexity index is 531. The fourth-order valence-electron chi connectivity index (χ4n) is 1.66. The third-order valence-corrected chi connectivity index (χ3v) is 2.83. The zero-order chi connectivity index (χ0) is 12.4. The third-order valence-electron chi connectivity index (χ3n) is 2.52. The molecule has 0 aliphatic rings. The van der Waals surface area contributed by atoms with Crippen molar-refractivity contribution in [2.75, 3.05) is 0 Å². The average Bonchev–Trinajstić information content (AvgIpc) is 2.28. The summed E-state index contributed by atoms with van der Waals surface area (Å²) < 4.78 is 0. The topological polar surface area (TPSA) is 51.6 Å². The Morgan fingerprint density at radius 1 is 1.18 bits per heavy atom. The van der Waals surface area contributed by atoms with Crippen molar-refractivity contribution in [2.45, 2.75) is 27.2 Å². The van der Waals surface area contributed by atoms with Gasteiger partial charge in [0.2, 0.25) is 0 Å². The highest BCUT2D eigenvalue weighted by Gasteiger charge is 2.10. The molecule has 0 saturated heterocycles. The van der Waals surface area contributed by atoms with Crippen molar-refractivity contribution < 1.29 is 0 Å². The predicted molar refractivity (Wildman–Crippen MR) is 66.9 cm³/mol. The minimum atomic E-state index is 0.506. The fourth-order valence-corrected chi connectivity index (χ4v) is 2.01. The van der Waals surface area contributed by atoms with Crippen LogP contribution in [-0.2, 0) is 6.42 Å². The van der Waals surface area contributed by atoms with Gasteiger partial charge in [-0.3, -0.25) is 0 Å². The number of nitrogens with zero attached hydrogens (tertiary/aromatic N) is 4. The molecule has 2 heterocycles. The van der Waals surface area contributed by atoms with Crippen molar-refractivity contribution in [2.24, 2.45) is 0 Å². The maximum absolute atomic E-state index is 6.13. The summed E-state index contributed by atoms with van der Waals surface area (Å²) in [5.41, 5.74) is 2.59. The lowest BCUT2D eigenvalue weighted by Gasteiger charge is -2.07. The molecule has 0 aliphatic heterocycles. The van der Waals surface area contributed by atoms with Gasteiger partial charge in [0.15, 0.2) is 5.82 Å². The molecule has 0 atom stereocenters. The summed E-state index contributed by atoms with van der Waals surface area (Å²) in [5.74, 6) is 1.25. The molecule has 0 aromatic carbocycles. The molecule has 0 radical (unpaired) electrons. The lowest BCUT2D eigenvalue weighted by atomic mass is 10.2. The lowest BCUT2D eigenvalue weighted by Crippen LogP contribution is -2.01. The van der Waals surface area contributed by atoms with Crippen LogP contribution in [0.15, 0.2) is 12.3 Å². The van der Waals surface area contributed by atoms with E-state index in [4.69, 9.17) is 11.6 Å². The second-order valence-electron chi connectivity index (χ2n) is 3.74. The van der Waals surface area contributed by atoms with Crippen LogP contribution in [0.3, 0.4) is 0 Å². The van der Waals surface area contributed by atoms with Crippen LogP contribution in [0, 0.1) is 13.8 Å². The van der Waals surface area contributed by atoms with Crippen LogP contribution >= 0.6 is 11.6 Å². The Morgan fingerprint density at radius 3 is 2.53 bits per heavy atom. The van der Waals surface area contributed by atoms with E-state index in [0.717, 1.165) is 17.7 Å². The SMILES string of the molecule is CCc1c(C)nc(-c2ccnc(C)n2)nc1Cl. The molecule has 0 saturated carbocycles. The first-order valence-electron chi connectivity index (χ1n) is 5.45. The molecule has 0 bridgehead atoms. The molecule has 2 aromatic heterocycles. The zero-order valence-corrected chi connectivity index (χ0v) is 10.8. The van der Waals surface area contributed by atoms with Gasteiger partial charge >= 0.3 is 0 Å². The molecular weight excluding hydrogens is 236 g/mol. The summed E-state index contributed by atoms with van der Waals surface area (Å²) in [4.78, 5) is 17.0. The highest BCUT2D eigenvalue weighted by molar-refractivity contribution is 6.30. The van der Waals surface area contributed by atoms with Crippen molar-refractivity contribution in [3.63, 3.8) is 0 Å². The molecule has 5 heteroatoms. The Balaban J connectivity index is 2.54. The molecular formula is C12H13ClN4. The van der Waals surface area contributed by atoms with Crippen LogP contribution in [-0.4, -0.2) is 19.9 Å². The van der Waals surface area contributed by atoms with Crippen molar-refractivity contribution in [3.8, 4) is 11.5 Å². The van der Waals surface area contributed by atoms with Gasteiger partial charge in [0, 0.05) is 17.5 Å². The van der Waals surface area contributed by atoms with Gasteiger partial charge in [0.25, 0.3) is 0 Å². The van der Waals surface area contributed by atoms with Gasteiger partial charge in [-0.25, -0.2) is 19.9 Å². The van der Waals surface area contributed by atoms with Crippen LogP contribution in [0.5, 0.6) is 0 Å². The summed E-state index contributed by atoms with van der Waals surface area (Å²) in [5, 5.41) is 0.506. The van der Waals surface area contributed by atoms with Crippen LogP contribution in [0.1, 0.15) is 24.0 Å². The lowest BCUT2D eigenvalue weighted by molar-refractivity contribution is 0.980. The van der Waals surface area contributed by atoms with Crippen molar-refractivity contribution in [3.05, 3.63) is 34.5 Å². The predicted octanol–water partition coefficient (Wildman–Crippen LogP) is 2.77. The van der Waals surface area contributed by atoms with Gasteiger partial charge in [0.1, 0.15) is 16.7 Å². The molecule has 0 aliphatic carbocycles. The van der Waals surface area contributed by atoms with Crippen LogP contribution < -0.4 is 0 Å². The maximum Gasteiger partial charge on any atom is 0.179 e. The average molecular weight is 249 g/mol. The number of hydrogen-bond acceptors (Lipinski definition) is 4. The number of rotatable bonds is 2. The Hall–Kier alpha value is -1.55. The van der Waals surface area contributed by atoms with E-state index < -0.39 is 0 Å². The van der Waals surface area contributed by atoms with Crippen LogP contribution in [0.4, 0.5) is 0 Å². The summed E-state index contributed by atoms with van der Waals surface area (Å²) in [7, 11) is 0. The largest absolute Gasteiger partial charge is 0.242 e. The molecule has 0 N–H and O–H groups in total. The van der Waals surface area contributed by atoms with Gasteiger partial charge in [-0.15, -0.1) is 0 Å². The van der Waals surface area contributed by atoms with E-state index in [1.807, 2.05) is 20.8 Å². The first-order chi connectivity index (χ1) is 8.11. The van der Waals surface area contributed by atoms with Gasteiger partial charge in [-0.1, -0.05) is 18.5 Å². The molecule has 2 rings (SSSR count). The summed E-state index contributed by atoms with van der Waals surface area (Å²) >= 11 is 6.13. The van der Waals surface area contributed by atoms with E-state index in [2.05, 4.69) is 19.9 Å². The minimum absolute atomic E-state index is 0.506. The Morgan fingerprint density at radius 2 is 1.94 bits per heavy atom. The van der Waals surface area contributed by atoms with E-state index in [1.54, 1.807) is 12.3 Å². The summed E-state index contributed by atoms with van der Waals surface area (Å²) in [6.07, 6.45) is 2.52. The van der Waals surface area contributed by atoms with Gasteiger partial charge in [0.05, 0.1) is 0 Å². The third kappa shape index (κ3) is 2.42. The molecule has 0 unspecified atom stereocenters. The van der Waals surface area contributed by atoms with Gasteiger partial charge in [-0.2, -0.15) is 0 Å². The van der Waals surface area contributed by atoms with Gasteiger partial charge < -0.3 is 0 Å². The highest BCUT2D eigenvalue weighted by Crippen LogP contribution is 2.21. The summed E-state index contributed by atoms with van der Waals surface area (Å²) in [6.45, 7) is 5.80. The second-order valence-corrected chi connectivity index (χ2v) is 4.10. The van der Waals surface area contributed by atoms with Crippen LogP contribution in [0.2, 0.25) is 5.15 Å². The van der Waals surface area contributed by atoms with E-state index in [-0.39, 0.29) is 0 Å². The van der Waals surface area contributed by atoms with Crippen molar-refractivity contribution in [1.29, 1.82) is 0 Å². The Labute approximate surface area is 105 Å². The van der Waals surface area contributed by atoms with E-state index in [0.29, 0.717) is 22.5 Å². The standard InChI is InChI=1S/C12H13ClN4/c1-4-9-7(2)15-12(17-11(9)13)10-5-6-14-8(3)16-10/h5-6H,4H2,1-3H3. The van der Waals surface area contributed by atoms with Gasteiger partial charge in [-0.05, 0) is 26.3 Å². The molecule has 4 nitrogen and oxygen atoms in total. The smallest absolute Gasteiger partial charge is 0.179 e. The normalized spacial score (nSPS) is 10.6. The molecule has 88 valence electrons. The van der Waals surface area contributed by atoms with E-state index >= 15 is 0 Å². The Kier molecular flexibility index (Phi) is 3.33.